The minimum atomic E-state index is 0.488. The van der Waals surface area contributed by atoms with E-state index in [9.17, 15) is 0 Å². The minimum absolute atomic E-state index is 0.488. The first-order chi connectivity index (χ1) is 4.80. The molecule has 0 aromatic carbocycles. The van der Waals surface area contributed by atoms with Gasteiger partial charge in [0.15, 0.2) is 0 Å². The molecule has 58 valence electrons. The lowest BCUT2D eigenvalue weighted by Crippen LogP contribution is -2.36. The van der Waals surface area contributed by atoms with E-state index in [0.717, 1.165) is 13.1 Å². The molecule has 1 aliphatic heterocycles. The van der Waals surface area contributed by atoms with Crippen molar-refractivity contribution in [2.45, 2.75) is 25.7 Å². The van der Waals surface area contributed by atoms with Crippen LogP contribution in [0.4, 0.5) is 0 Å². The Labute approximate surface area is 61.7 Å². The molecule has 0 spiro atoms. The Morgan fingerprint density at radius 1 is 0.900 bits per heavy atom. The smallest absolute Gasteiger partial charge is 0.291 e. The first-order valence-corrected chi connectivity index (χ1v) is 3.93. The van der Waals surface area contributed by atoms with Crippen LogP contribution in [-0.4, -0.2) is 23.6 Å². The van der Waals surface area contributed by atoms with Crippen LogP contribution in [0.15, 0.2) is 0 Å². The van der Waals surface area contributed by atoms with Crippen LogP contribution in [0.25, 0.3) is 0 Å². The maximum absolute atomic E-state index is 5.46. The van der Waals surface area contributed by atoms with Crippen molar-refractivity contribution in [1.82, 2.24) is 0 Å². The fourth-order valence-corrected chi connectivity index (χ4v) is 1.33. The fourth-order valence-electron chi connectivity index (χ4n) is 1.33. The van der Waals surface area contributed by atoms with E-state index in [0.29, 0.717) is 5.96 Å². The zero-order valence-corrected chi connectivity index (χ0v) is 6.34. The molecule has 0 aliphatic carbocycles. The number of nitrogens with two attached hydrogens (primary N) is 2. The molecular formula is C7H16N3+. The van der Waals surface area contributed by atoms with E-state index in [2.05, 4.69) is 4.58 Å². The monoisotopic (exact) mass is 142 g/mol. The second kappa shape index (κ2) is 3.44. The highest BCUT2D eigenvalue weighted by molar-refractivity contribution is 5.70. The Morgan fingerprint density at radius 3 is 1.80 bits per heavy atom. The van der Waals surface area contributed by atoms with Crippen molar-refractivity contribution in [3.8, 4) is 0 Å². The van der Waals surface area contributed by atoms with Crippen LogP contribution in [0.2, 0.25) is 0 Å². The van der Waals surface area contributed by atoms with Gasteiger partial charge in [-0.25, -0.2) is 0 Å². The molecule has 0 amide bonds. The molecule has 1 heterocycles. The van der Waals surface area contributed by atoms with E-state index in [1.807, 2.05) is 0 Å². The van der Waals surface area contributed by atoms with Gasteiger partial charge in [-0.15, -0.1) is 0 Å². The number of nitrogens with zero attached hydrogens (tertiary/aromatic N) is 1. The lowest BCUT2D eigenvalue weighted by Gasteiger charge is -2.02. The molecule has 3 heteroatoms. The standard InChI is InChI=1S/C7H15N3/c8-7(9)10-5-3-1-2-4-6-10/h1-6H2,(H3,8,9)/p+1. The fraction of sp³-hybridized carbons (Fsp3) is 0.857. The van der Waals surface area contributed by atoms with Crippen molar-refractivity contribution in [1.29, 1.82) is 0 Å². The van der Waals surface area contributed by atoms with E-state index in [4.69, 9.17) is 11.5 Å². The van der Waals surface area contributed by atoms with Gasteiger partial charge in [0, 0.05) is 0 Å². The maximum atomic E-state index is 5.46. The first kappa shape index (κ1) is 7.38. The van der Waals surface area contributed by atoms with Crippen molar-refractivity contribution < 1.29 is 4.58 Å². The summed E-state index contributed by atoms with van der Waals surface area (Å²) in [6.07, 6.45) is 5.11. The summed E-state index contributed by atoms with van der Waals surface area (Å²) in [6, 6.07) is 0. The number of rotatable bonds is 0. The van der Waals surface area contributed by atoms with Crippen molar-refractivity contribution >= 4 is 5.96 Å². The number of hydrogen-bond acceptors (Lipinski definition) is 0. The minimum Gasteiger partial charge on any atom is -0.291 e. The van der Waals surface area contributed by atoms with Gasteiger partial charge in [-0.1, -0.05) is 12.8 Å². The Balaban J connectivity index is 2.51. The normalized spacial score (nSPS) is 20.2. The maximum Gasteiger partial charge on any atom is 0.341 e. The highest BCUT2D eigenvalue weighted by atomic mass is 15.1. The summed E-state index contributed by atoms with van der Waals surface area (Å²) >= 11 is 0. The highest BCUT2D eigenvalue weighted by Gasteiger charge is 2.06. The molecule has 0 unspecified atom stereocenters. The number of guanidine groups is 1. The Morgan fingerprint density at radius 2 is 1.40 bits per heavy atom. The van der Waals surface area contributed by atoms with E-state index in [1.165, 1.54) is 25.7 Å². The van der Waals surface area contributed by atoms with Crippen LogP contribution in [0.1, 0.15) is 25.7 Å². The molecule has 1 saturated heterocycles. The average Bonchev–Trinajstić information content (AvgIpc) is 2.12. The van der Waals surface area contributed by atoms with Gasteiger partial charge in [0.25, 0.3) is 0 Å². The molecule has 1 fully saturated rings. The predicted octanol–water partition coefficient (Wildman–Crippen LogP) is -0.154. The topological polar surface area (TPSA) is 55.0 Å². The zero-order chi connectivity index (χ0) is 7.40. The number of hydrogen-bond donors (Lipinski definition) is 2. The molecule has 1 aliphatic rings. The summed E-state index contributed by atoms with van der Waals surface area (Å²) in [5.74, 6) is 0.488. The Hall–Kier alpha value is -0.730. The Bertz CT molecular complexity index is 126. The summed E-state index contributed by atoms with van der Waals surface area (Å²) in [7, 11) is 0. The third-order valence-electron chi connectivity index (χ3n) is 1.97. The molecule has 0 aromatic heterocycles. The third-order valence-corrected chi connectivity index (χ3v) is 1.97. The van der Waals surface area contributed by atoms with Gasteiger partial charge in [-0.3, -0.25) is 16.0 Å². The quantitative estimate of drug-likeness (QED) is 0.365. The predicted molar refractivity (Wildman–Crippen MR) is 41.8 cm³/mol. The second-order valence-electron chi connectivity index (χ2n) is 2.83. The lowest BCUT2D eigenvalue weighted by atomic mass is 10.2. The highest BCUT2D eigenvalue weighted by Crippen LogP contribution is 2.04. The van der Waals surface area contributed by atoms with E-state index in [1.54, 1.807) is 0 Å². The third kappa shape index (κ3) is 1.90. The summed E-state index contributed by atoms with van der Waals surface area (Å²) in [5.41, 5.74) is 10.9. The van der Waals surface area contributed by atoms with Crippen LogP contribution in [-0.2, 0) is 0 Å². The summed E-state index contributed by atoms with van der Waals surface area (Å²) in [5, 5.41) is 0. The molecule has 0 radical (unpaired) electrons. The molecule has 3 nitrogen and oxygen atoms in total. The van der Waals surface area contributed by atoms with Crippen LogP contribution in [0.5, 0.6) is 0 Å². The van der Waals surface area contributed by atoms with Crippen LogP contribution < -0.4 is 11.5 Å². The van der Waals surface area contributed by atoms with Gasteiger partial charge in [0.05, 0.1) is 13.1 Å². The Kier molecular flexibility index (Phi) is 2.54. The summed E-state index contributed by atoms with van der Waals surface area (Å²) in [6.45, 7) is 2.09. The van der Waals surface area contributed by atoms with Gasteiger partial charge in [-0.2, -0.15) is 0 Å². The van der Waals surface area contributed by atoms with Crippen molar-refractivity contribution in [3.05, 3.63) is 0 Å². The molecule has 0 bridgehead atoms. The second-order valence-corrected chi connectivity index (χ2v) is 2.83. The lowest BCUT2D eigenvalue weighted by molar-refractivity contribution is -0.527. The molecule has 0 saturated carbocycles. The van der Waals surface area contributed by atoms with Crippen molar-refractivity contribution in [2.75, 3.05) is 13.1 Å². The van der Waals surface area contributed by atoms with Gasteiger partial charge in [0.2, 0.25) is 0 Å². The molecule has 10 heavy (non-hydrogen) atoms. The van der Waals surface area contributed by atoms with Crippen LogP contribution in [0, 0.1) is 0 Å². The van der Waals surface area contributed by atoms with Gasteiger partial charge in [-0.05, 0) is 12.8 Å². The molecule has 4 N–H and O–H groups in total. The van der Waals surface area contributed by atoms with Gasteiger partial charge >= 0.3 is 5.96 Å². The van der Waals surface area contributed by atoms with Gasteiger partial charge < -0.3 is 0 Å². The largest absolute Gasteiger partial charge is 0.341 e. The van der Waals surface area contributed by atoms with Crippen molar-refractivity contribution in [2.24, 2.45) is 11.5 Å². The summed E-state index contributed by atoms with van der Waals surface area (Å²) in [4.78, 5) is 0. The van der Waals surface area contributed by atoms with E-state index >= 15 is 0 Å². The van der Waals surface area contributed by atoms with Gasteiger partial charge in [0.1, 0.15) is 0 Å². The molecule has 1 rings (SSSR count). The van der Waals surface area contributed by atoms with E-state index in [-0.39, 0.29) is 0 Å². The van der Waals surface area contributed by atoms with Crippen molar-refractivity contribution in [3.63, 3.8) is 0 Å². The average molecular weight is 142 g/mol. The SMILES string of the molecule is NC(N)=[N+]1CCCCCC1. The first-order valence-electron chi connectivity index (χ1n) is 3.93. The van der Waals surface area contributed by atoms with Crippen LogP contribution >= 0.6 is 0 Å². The molecule has 0 atom stereocenters. The molecule has 0 aromatic rings. The van der Waals surface area contributed by atoms with E-state index < -0.39 is 0 Å². The molecular weight excluding hydrogens is 126 g/mol. The zero-order valence-electron chi connectivity index (χ0n) is 6.34. The van der Waals surface area contributed by atoms with Crippen LogP contribution in [0.3, 0.4) is 0 Å². The summed E-state index contributed by atoms with van der Waals surface area (Å²) < 4.78 is 2.06.